The molecule has 0 saturated heterocycles. The van der Waals surface area contributed by atoms with E-state index in [1.54, 1.807) is 6.20 Å². The van der Waals surface area contributed by atoms with E-state index < -0.39 is 0 Å². The van der Waals surface area contributed by atoms with Gasteiger partial charge in [0.25, 0.3) is 0 Å². The van der Waals surface area contributed by atoms with Crippen molar-refractivity contribution in [2.45, 2.75) is 64.0 Å². The second kappa shape index (κ2) is 7.76. The Labute approximate surface area is 128 Å². The van der Waals surface area contributed by atoms with Crippen LogP contribution in [-0.4, -0.2) is 29.8 Å². The normalized spacial score (nSPS) is 18.8. The molecule has 118 valence electrons. The summed E-state index contributed by atoms with van der Waals surface area (Å²) >= 11 is 0. The molecule has 21 heavy (non-hydrogen) atoms. The Balaban J connectivity index is 2.18. The number of nitrogen functional groups attached to an aromatic ring is 1. The topological polar surface area (TPSA) is 60.2 Å². The van der Waals surface area contributed by atoms with E-state index in [-0.39, 0.29) is 5.60 Å². The molecule has 1 unspecified atom stereocenters. The number of nitrogens with one attached hydrogen (secondary N) is 1. The van der Waals surface area contributed by atoms with E-state index in [1.165, 1.54) is 12.8 Å². The molecule has 0 spiro atoms. The zero-order valence-electron chi connectivity index (χ0n) is 13.4. The van der Waals surface area contributed by atoms with E-state index in [4.69, 9.17) is 10.5 Å². The van der Waals surface area contributed by atoms with E-state index >= 15 is 0 Å². The quantitative estimate of drug-likeness (QED) is 0.773. The van der Waals surface area contributed by atoms with Crippen molar-refractivity contribution in [2.75, 3.05) is 18.9 Å². The average Bonchev–Trinajstić information content (AvgIpc) is 2.95. The lowest BCUT2D eigenvalue weighted by molar-refractivity contribution is -0.0612. The molecule has 0 aliphatic heterocycles. The van der Waals surface area contributed by atoms with Gasteiger partial charge >= 0.3 is 0 Å². The monoisotopic (exact) mass is 291 g/mol. The molecule has 1 atom stereocenters. The van der Waals surface area contributed by atoms with Gasteiger partial charge < -0.3 is 15.8 Å². The van der Waals surface area contributed by atoms with Gasteiger partial charge in [0.15, 0.2) is 0 Å². The molecule has 0 aromatic carbocycles. The van der Waals surface area contributed by atoms with Crippen LogP contribution in [0.5, 0.6) is 0 Å². The SMILES string of the molecule is CCCNC(Cc1cccnc1N)C1(OCC)CCCC1. The van der Waals surface area contributed by atoms with Gasteiger partial charge in [-0.05, 0) is 50.8 Å². The fourth-order valence-corrected chi connectivity index (χ4v) is 3.46. The highest BCUT2D eigenvalue weighted by atomic mass is 16.5. The molecular formula is C17H29N3O. The maximum absolute atomic E-state index is 6.24. The summed E-state index contributed by atoms with van der Waals surface area (Å²) in [4.78, 5) is 4.22. The molecule has 4 nitrogen and oxygen atoms in total. The highest BCUT2D eigenvalue weighted by Gasteiger charge is 2.42. The minimum absolute atomic E-state index is 0.0355. The molecular weight excluding hydrogens is 262 g/mol. The van der Waals surface area contributed by atoms with Crippen LogP contribution in [0.1, 0.15) is 51.5 Å². The number of hydrogen-bond donors (Lipinski definition) is 2. The molecule has 1 aliphatic rings. The van der Waals surface area contributed by atoms with Crippen LogP contribution in [0.15, 0.2) is 18.3 Å². The van der Waals surface area contributed by atoms with Crippen LogP contribution < -0.4 is 11.1 Å². The van der Waals surface area contributed by atoms with Gasteiger partial charge in [0.05, 0.1) is 5.60 Å². The van der Waals surface area contributed by atoms with Crippen LogP contribution in [0.4, 0.5) is 5.82 Å². The lowest BCUT2D eigenvalue weighted by Crippen LogP contribution is -2.52. The number of aromatic nitrogens is 1. The number of pyridine rings is 1. The molecule has 1 fully saturated rings. The van der Waals surface area contributed by atoms with E-state index in [0.29, 0.717) is 11.9 Å². The molecule has 4 heteroatoms. The summed E-state index contributed by atoms with van der Waals surface area (Å²) in [5.41, 5.74) is 7.12. The highest BCUT2D eigenvalue weighted by Crippen LogP contribution is 2.37. The Kier molecular flexibility index (Phi) is 6.00. The summed E-state index contributed by atoms with van der Waals surface area (Å²) in [5, 5.41) is 3.70. The van der Waals surface area contributed by atoms with Crippen LogP contribution >= 0.6 is 0 Å². The summed E-state index contributed by atoms with van der Waals surface area (Å²) in [7, 11) is 0. The first-order chi connectivity index (χ1) is 10.2. The van der Waals surface area contributed by atoms with E-state index in [0.717, 1.165) is 44.4 Å². The third kappa shape index (κ3) is 3.95. The van der Waals surface area contributed by atoms with Crippen LogP contribution in [0, 0.1) is 0 Å². The lowest BCUT2D eigenvalue weighted by Gasteiger charge is -2.38. The van der Waals surface area contributed by atoms with Gasteiger partial charge in [-0.15, -0.1) is 0 Å². The Hall–Kier alpha value is -1.13. The maximum atomic E-state index is 6.24. The summed E-state index contributed by atoms with van der Waals surface area (Å²) in [6, 6.07) is 4.36. The van der Waals surface area contributed by atoms with E-state index in [2.05, 4.69) is 30.2 Å². The predicted molar refractivity (Wildman–Crippen MR) is 87.3 cm³/mol. The van der Waals surface area contributed by atoms with Gasteiger partial charge in [0.1, 0.15) is 5.82 Å². The van der Waals surface area contributed by atoms with Crippen molar-refractivity contribution in [2.24, 2.45) is 0 Å². The minimum atomic E-state index is -0.0355. The fraction of sp³-hybridized carbons (Fsp3) is 0.706. The largest absolute Gasteiger partial charge is 0.383 e. The molecule has 1 aromatic heterocycles. The third-order valence-corrected chi connectivity index (χ3v) is 4.51. The molecule has 1 aromatic rings. The molecule has 0 radical (unpaired) electrons. The van der Waals surface area contributed by atoms with Gasteiger partial charge in [-0.2, -0.15) is 0 Å². The third-order valence-electron chi connectivity index (χ3n) is 4.51. The van der Waals surface area contributed by atoms with Crippen molar-refractivity contribution >= 4 is 5.82 Å². The van der Waals surface area contributed by atoms with Crippen molar-refractivity contribution in [3.8, 4) is 0 Å². The Morgan fingerprint density at radius 2 is 2.14 bits per heavy atom. The maximum Gasteiger partial charge on any atom is 0.126 e. The molecule has 1 saturated carbocycles. The summed E-state index contributed by atoms with van der Waals surface area (Å²) in [6.45, 7) is 6.08. The van der Waals surface area contributed by atoms with Crippen LogP contribution in [0.3, 0.4) is 0 Å². The first kappa shape index (κ1) is 16.2. The van der Waals surface area contributed by atoms with Gasteiger partial charge in [0.2, 0.25) is 0 Å². The molecule has 0 bridgehead atoms. The molecule has 1 heterocycles. The Bertz CT molecular complexity index is 430. The predicted octanol–water partition coefficient (Wildman–Crippen LogP) is 2.92. The smallest absolute Gasteiger partial charge is 0.126 e. The fourth-order valence-electron chi connectivity index (χ4n) is 3.46. The first-order valence-electron chi connectivity index (χ1n) is 8.28. The van der Waals surface area contributed by atoms with Crippen LogP contribution in [0.2, 0.25) is 0 Å². The Morgan fingerprint density at radius 1 is 1.38 bits per heavy atom. The summed E-state index contributed by atoms with van der Waals surface area (Å²) < 4.78 is 6.24. The highest BCUT2D eigenvalue weighted by molar-refractivity contribution is 5.39. The van der Waals surface area contributed by atoms with Crippen molar-refractivity contribution in [3.63, 3.8) is 0 Å². The minimum Gasteiger partial charge on any atom is -0.383 e. The molecule has 2 rings (SSSR count). The van der Waals surface area contributed by atoms with Crippen molar-refractivity contribution in [3.05, 3.63) is 23.9 Å². The van der Waals surface area contributed by atoms with Crippen molar-refractivity contribution in [1.29, 1.82) is 0 Å². The second-order valence-electron chi connectivity index (χ2n) is 5.96. The van der Waals surface area contributed by atoms with Crippen LogP contribution in [-0.2, 0) is 11.2 Å². The Morgan fingerprint density at radius 3 is 2.76 bits per heavy atom. The average molecular weight is 291 g/mol. The first-order valence-corrected chi connectivity index (χ1v) is 8.28. The van der Waals surface area contributed by atoms with E-state index in [9.17, 15) is 0 Å². The number of ether oxygens (including phenoxy) is 1. The van der Waals surface area contributed by atoms with Crippen molar-refractivity contribution < 1.29 is 4.74 Å². The lowest BCUT2D eigenvalue weighted by atomic mass is 9.87. The van der Waals surface area contributed by atoms with Gasteiger partial charge in [-0.1, -0.05) is 25.8 Å². The van der Waals surface area contributed by atoms with E-state index in [1.807, 2.05) is 6.07 Å². The summed E-state index contributed by atoms with van der Waals surface area (Å²) in [5.74, 6) is 0.644. The zero-order chi connectivity index (χ0) is 15.1. The van der Waals surface area contributed by atoms with Gasteiger partial charge in [0, 0.05) is 18.8 Å². The molecule has 3 N–H and O–H groups in total. The van der Waals surface area contributed by atoms with Gasteiger partial charge in [-0.3, -0.25) is 0 Å². The molecule has 1 aliphatic carbocycles. The standard InChI is InChI=1S/C17H29N3O/c1-3-11-19-15(13-14-8-7-12-20-16(14)18)17(21-4-2)9-5-6-10-17/h7-8,12,15,19H,3-6,9-11,13H2,1-2H3,(H2,18,20). The number of hydrogen-bond acceptors (Lipinski definition) is 4. The number of anilines is 1. The summed E-state index contributed by atoms with van der Waals surface area (Å²) in [6.07, 6.45) is 8.56. The zero-order valence-corrected chi connectivity index (χ0v) is 13.4. The van der Waals surface area contributed by atoms with Crippen LogP contribution in [0.25, 0.3) is 0 Å². The second-order valence-corrected chi connectivity index (χ2v) is 5.96. The molecule has 0 amide bonds. The number of nitrogens with zero attached hydrogens (tertiary/aromatic N) is 1. The van der Waals surface area contributed by atoms with Gasteiger partial charge in [-0.25, -0.2) is 4.98 Å². The van der Waals surface area contributed by atoms with Crippen molar-refractivity contribution in [1.82, 2.24) is 10.3 Å². The number of rotatable bonds is 8. The number of nitrogens with two attached hydrogens (primary N) is 1.